The van der Waals surface area contributed by atoms with Gasteiger partial charge in [-0.1, -0.05) is 32.1 Å². The number of nitrogens with zero attached hydrogens (tertiary/aromatic N) is 1. The van der Waals surface area contributed by atoms with Gasteiger partial charge in [0.2, 0.25) is 0 Å². The first-order valence-corrected chi connectivity index (χ1v) is 7.09. The standard InChI is InChI=1S/C14H21N3O2/c18-13-9-8-12(16-17-13)14(19)15-10-4-7-11-5-2-1-3-6-11/h8-9,11H,1-7,10H2,(H,15,19)(H,17,18). The molecule has 1 saturated carbocycles. The van der Waals surface area contributed by atoms with E-state index in [-0.39, 0.29) is 17.2 Å². The molecule has 0 atom stereocenters. The number of aromatic amines is 1. The van der Waals surface area contributed by atoms with Crippen LogP contribution in [0.3, 0.4) is 0 Å². The molecule has 1 heterocycles. The molecule has 1 aromatic heterocycles. The number of carbonyl (C=O) groups is 1. The Bertz CT molecular complexity index is 444. The van der Waals surface area contributed by atoms with E-state index in [1.54, 1.807) is 0 Å². The molecular formula is C14H21N3O2. The van der Waals surface area contributed by atoms with Crippen molar-refractivity contribution in [3.8, 4) is 0 Å². The summed E-state index contributed by atoms with van der Waals surface area (Å²) in [5.74, 6) is 0.622. The topological polar surface area (TPSA) is 74.8 Å². The molecule has 0 aliphatic heterocycles. The predicted octanol–water partition coefficient (Wildman–Crippen LogP) is 1.86. The molecule has 1 fully saturated rings. The second kappa shape index (κ2) is 7.07. The molecule has 5 nitrogen and oxygen atoms in total. The van der Waals surface area contributed by atoms with E-state index in [9.17, 15) is 9.59 Å². The molecule has 1 aliphatic rings. The van der Waals surface area contributed by atoms with Crippen LogP contribution in [0, 0.1) is 5.92 Å². The number of nitrogens with one attached hydrogen (secondary N) is 2. The Kier molecular flexibility index (Phi) is 5.12. The SMILES string of the molecule is O=C(NCCCC1CCCCC1)c1ccc(=O)[nH]n1. The smallest absolute Gasteiger partial charge is 0.271 e. The highest BCUT2D eigenvalue weighted by molar-refractivity contribution is 5.91. The highest BCUT2D eigenvalue weighted by atomic mass is 16.2. The lowest BCUT2D eigenvalue weighted by Crippen LogP contribution is -2.27. The summed E-state index contributed by atoms with van der Waals surface area (Å²) >= 11 is 0. The summed E-state index contributed by atoms with van der Waals surface area (Å²) in [6, 6.07) is 2.75. The van der Waals surface area contributed by atoms with E-state index in [1.165, 1.54) is 50.7 Å². The number of carbonyl (C=O) groups excluding carboxylic acids is 1. The summed E-state index contributed by atoms with van der Waals surface area (Å²) in [6.45, 7) is 0.677. The number of aromatic nitrogens is 2. The molecule has 5 heteroatoms. The van der Waals surface area contributed by atoms with Crippen molar-refractivity contribution in [2.75, 3.05) is 6.54 Å². The molecule has 0 saturated heterocycles. The van der Waals surface area contributed by atoms with Gasteiger partial charge in [-0.15, -0.1) is 0 Å². The first-order valence-electron chi connectivity index (χ1n) is 7.09. The lowest BCUT2D eigenvalue weighted by atomic mass is 9.86. The van der Waals surface area contributed by atoms with Gasteiger partial charge in [0.1, 0.15) is 5.69 Å². The fourth-order valence-corrected chi connectivity index (χ4v) is 2.63. The van der Waals surface area contributed by atoms with Crippen LogP contribution in [0.25, 0.3) is 0 Å². The predicted molar refractivity (Wildman–Crippen MR) is 73.0 cm³/mol. The summed E-state index contributed by atoms with van der Waals surface area (Å²) in [6.07, 6.45) is 8.99. The first-order chi connectivity index (χ1) is 9.25. The number of hydrogen-bond donors (Lipinski definition) is 2. The zero-order valence-corrected chi connectivity index (χ0v) is 11.2. The van der Waals surface area contributed by atoms with Gasteiger partial charge in [0, 0.05) is 12.6 Å². The van der Waals surface area contributed by atoms with Crippen LogP contribution in [-0.2, 0) is 0 Å². The van der Waals surface area contributed by atoms with Crippen molar-refractivity contribution in [1.29, 1.82) is 0 Å². The molecule has 2 N–H and O–H groups in total. The molecule has 2 rings (SSSR count). The van der Waals surface area contributed by atoms with Crippen LogP contribution in [0.1, 0.15) is 55.4 Å². The molecular weight excluding hydrogens is 242 g/mol. The molecule has 19 heavy (non-hydrogen) atoms. The largest absolute Gasteiger partial charge is 0.351 e. The third-order valence-electron chi connectivity index (χ3n) is 3.71. The fourth-order valence-electron chi connectivity index (χ4n) is 2.63. The number of amides is 1. The van der Waals surface area contributed by atoms with Gasteiger partial charge in [-0.05, 0) is 24.8 Å². The molecule has 0 spiro atoms. The van der Waals surface area contributed by atoms with E-state index in [0.29, 0.717) is 6.54 Å². The molecule has 0 unspecified atom stereocenters. The van der Waals surface area contributed by atoms with Crippen LogP contribution in [-0.4, -0.2) is 22.6 Å². The molecule has 0 radical (unpaired) electrons. The van der Waals surface area contributed by atoms with Gasteiger partial charge < -0.3 is 5.32 Å². The van der Waals surface area contributed by atoms with E-state index in [0.717, 1.165) is 12.3 Å². The second-order valence-electron chi connectivity index (χ2n) is 5.21. The quantitative estimate of drug-likeness (QED) is 0.796. The highest BCUT2D eigenvalue weighted by Crippen LogP contribution is 2.26. The maximum Gasteiger partial charge on any atom is 0.271 e. The van der Waals surface area contributed by atoms with Crippen LogP contribution in [0.4, 0.5) is 0 Å². The van der Waals surface area contributed by atoms with Crippen molar-refractivity contribution in [2.24, 2.45) is 5.92 Å². The molecule has 104 valence electrons. The highest BCUT2D eigenvalue weighted by Gasteiger charge is 2.13. The Hall–Kier alpha value is -1.65. The summed E-state index contributed by atoms with van der Waals surface area (Å²) in [4.78, 5) is 22.5. The van der Waals surface area contributed by atoms with Gasteiger partial charge in [0.25, 0.3) is 11.5 Å². The number of hydrogen-bond acceptors (Lipinski definition) is 3. The van der Waals surface area contributed by atoms with E-state index < -0.39 is 0 Å². The van der Waals surface area contributed by atoms with Crippen LogP contribution in [0.2, 0.25) is 0 Å². The summed E-state index contributed by atoms with van der Waals surface area (Å²) in [5, 5.41) is 8.79. The van der Waals surface area contributed by atoms with Gasteiger partial charge in [-0.2, -0.15) is 5.10 Å². The first kappa shape index (κ1) is 13.8. The van der Waals surface area contributed by atoms with Crippen molar-refractivity contribution in [2.45, 2.75) is 44.9 Å². The number of H-pyrrole nitrogens is 1. The zero-order valence-electron chi connectivity index (χ0n) is 11.2. The third kappa shape index (κ3) is 4.50. The maximum atomic E-state index is 11.7. The van der Waals surface area contributed by atoms with E-state index in [1.807, 2.05) is 0 Å². The maximum absolute atomic E-state index is 11.7. The Morgan fingerprint density at radius 2 is 2.11 bits per heavy atom. The van der Waals surface area contributed by atoms with Crippen LogP contribution < -0.4 is 10.9 Å². The Morgan fingerprint density at radius 3 is 2.79 bits per heavy atom. The molecule has 1 amide bonds. The van der Waals surface area contributed by atoms with Gasteiger partial charge in [0.05, 0.1) is 0 Å². The Morgan fingerprint density at radius 1 is 1.32 bits per heavy atom. The van der Waals surface area contributed by atoms with Gasteiger partial charge >= 0.3 is 0 Å². The summed E-state index contributed by atoms with van der Waals surface area (Å²) in [7, 11) is 0. The van der Waals surface area contributed by atoms with Crippen molar-refractivity contribution in [3.63, 3.8) is 0 Å². The van der Waals surface area contributed by atoms with Crippen LogP contribution in [0.5, 0.6) is 0 Å². The molecule has 1 aromatic rings. The minimum atomic E-state index is -0.297. The zero-order chi connectivity index (χ0) is 13.5. The lowest BCUT2D eigenvalue weighted by Gasteiger charge is -2.21. The minimum absolute atomic E-state index is 0.222. The van der Waals surface area contributed by atoms with E-state index in [2.05, 4.69) is 15.5 Å². The van der Waals surface area contributed by atoms with Crippen molar-refractivity contribution in [3.05, 3.63) is 28.2 Å². The monoisotopic (exact) mass is 263 g/mol. The lowest BCUT2D eigenvalue weighted by molar-refractivity contribution is 0.0946. The summed E-state index contributed by atoms with van der Waals surface area (Å²) < 4.78 is 0. The normalized spacial score (nSPS) is 16.2. The number of rotatable bonds is 5. The minimum Gasteiger partial charge on any atom is -0.351 e. The van der Waals surface area contributed by atoms with E-state index >= 15 is 0 Å². The van der Waals surface area contributed by atoms with Crippen LogP contribution >= 0.6 is 0 Å². The Labute approximate surface area is 112 Å². The van der Waals surface area contributed by atoms with Crippen molar-refractivity contribution in [1.82, 2.24) is 15.5 Å². The van der Waals surface area contributed by atoms with E-state index in [4.69, 9.17) is 0 Å². The van der Waals surface area contributed by atoms with Gasteiger partial charge in [0.15, 0.2) is 0 Å². The molecule has 1 aliphatic carbocycles. The average molecular weight is 263 g/mol. The summed E-state index contributed by atoms with van der Waals surface area (Å²) in [5.41, 5.74) is -0.0360. The second-order valence-corrected chi connectivity index (χ2v) is 5.21. The van der Waals surface area contributed by atoms with Crippen molar-refractivity contribution < 1.29 is 4.79 Å². The molecule has 0 aromatic carbocycles. The fraction of sp³-hybridized carbons (Fsp3) is 0.643. The Balaban J connectivity index is 1.66. The molecule has 0 bridgehead atoms. The third-order valence-corrected chi connectivity index (χ3v) is 3.71. The van der Waals surface area contributed by atoms with Gasteiger partial charge in [-0.3, -0.25) is 9.59 Å². The average Bonchev–Trinajstić information content (AvgIpc) is 2.45. The van der Waals surface area contributed by atoms with Gasteiger partial charge in [-0.25, -0.2) is 5.10 Å². The van der Waals surface area contributed by atoms with Crippen molar-refractivity contribution >= 4 is 5.91 Å². The van der Waals surface area contributed by atoms with Crippen LogP contribution in [0.15, 0.2) is 16.9 Å².